The lowest BCUT2D eigenvalue weighted by Gasteiger charge is -2.11. The molecule has 0 amide bonds. The first-order chi connectivity index (χ1) is 19.1. The third-order valence-electron chi connectivity index (χ3n) is 7.57. The highest BCUT2D eigenvalue weighted by atomic mass is 127. The number of hydrogen-bond acceptors (Lipinski definition) is 3. The van der Waals surface area contributed by atoms with E-state index in [0.717, 1.165) is 32.7 Å². The van der Waals surface area contributed by atoms with Crippen LogP contribution in [0.15, 0.2) is 120 Å². The lowest BCUT2D eigenvalue weighted by Crippen LogP contribution is -3.00. The van der Waals surface area contributed by atoms with Crippen LogP contribution in [0.2, 0.25) is 0 Å². The molecule has 0 saturated carbocycles. The van der Waals surface area contributed by atoms with Crippen molar-refractivity contribution >= 4 is 65.2 Å². The van der Waals surface area contributed by atoms with Gasteiger partial charge < -0.3 is 28.5 Å². The Hall–Kier alpha value is -4.43. The number of nitrogens with zero attached hydrogens (tertiary/aromatic N) is 4. The average molecular weight is 633 g/mol. The summed E-state index contributed by atoms with van der Waals surface area (Å²) in [6.45, 7) is 0. The molecule has 0 spiro atoms. The fourth-order valence-corrected chi connectivity index (χ4v) is 5.79. The maximum absolute atomic E-state index is 11.9. The third kappa shape index (κ3) is 3.98. The van der Waals surface area contributed by atoms with Crippen LogP contribution in [0.5, 0.6) is 0 Å². The fourth-order valence-electron chi connectivity index (χ4n) is 5.79. The van der Waals surface area contributed by atoms with Gasteiger partial charge in [-0.3, -0.25) is 9.78 Å². The Labute approximate surface area is 247 Å². The Morgan fingerprint density at radius 2 is 1.07 bits per heavy atom. The molecule has 194 valence electrons. The minimum absolute atomic E-state index is 0. The standard InChI is InChI=1S/C17H12N2O.C17H13N2.HI/c1-19-15(20)9-8-14-12-6-3-2-5-11(12)13-7-4-10-18-16(13)17(14)19;1-19-11-5-9-15-13-7-3-2-6-12(13)14-8-4-10-18-16(14)17(15)19;/h2-10H,1H3;2-11H,1H3;1H/q;+1;/p-1. The molecule has 4 aromatic heterocycles. The summed E-state index contributed by atoms with van der Waals surface area (Å²) in [5, 5.41) is 9.49. The number of hydrogen-bond donors (Lipinski definition) is 0. The molecule has 40 heavy (non-hydrogen) atoms. The molecule has 6 heteroatoms. The van der Waals surface area contributed by atoms with E-state index in [1.54, 1.807) is 23.9 Å². The zero-order chi connectivity index (χ0) is 26.5. The van der Waals surface area contributed by atoms with Gasteiger partial charge in [-0.15, -0.1) is 0 Å². The fraction of sp³-hybridized carbons (Fsp3) is 0.0588. The minimum Gasteiger partial charge on any atom is -1.00 e. The largest absolute Gasteiger partial charge is 1.00 e. The lowest BCUT2D eigenvalue weighted by atomic mass is 10.00. The molecule has 0 fully saturated rings. The van der Waals surface area contributed by atoms with E-state index in [1.165, 1.54) is 32.4 Å². The van der Waals surface area contributed by atoms with Gasteiger partial charge in [0, 0.05) is 47.7 Å². The predicted octanol–water partition coefficient (Wildman–Crippen LogP) is 3.61. The highest BCUT2D eigenvalue weighted by Gasteiger charge is 2.15. The molecule has 8 rings (SSSR count). The van der Waals surface area contributed by atoms with Gasteiger partial charge in [-0.2, -0.15) is 4.57 Å². The smallest absolute Gasteiger partial charge is 0.250 e. The summed E-state index contributed by atoms with van der Waals surface area (Å²) in [5.41, 5.74) is 4.02. The Kier molecular flexibility index (Phi) is 6.64. The van der Waals surface area contributed by atoms with Crippen LogP contribution in [0.25, 0.3) is 65.2 Å². The average Bonchev–Trinajstić information content (AvgIpc) is 2.99. The van der Waals surface area contributed by atoms with Crippen LogP contribution in [0.4, 0.5) is 0 Å². The van der Waals surface area contributed by atoms with Crippen molar-refractivity contribution in [2.45, 2.75) is 0 Å². The number of rotatable bonds is 0. The van der Waals surface area contributed by atoms with E-state index in [1.807, 2.05) is 36.5 Å². The molecule has 0 N–H and O–H groups in total. The number of aromatic nitrogens is 4. The summed E-state index contributed by atoms with van der Waals surface area (Å²) in [5.74, 6) is 0. The third-order valence-corrected chi connectivity index (χ3v) is 7.57. The molecule has 0 atom stereocenters. The van der Waals surface area contributed by atoms with Crippen molar-refractivity contribution in [1.29, 1.82) is 0 Å². The van der Waals surface area contributed by atoms with Gasteiger partial charge in [-0.05, 0) is 45.8 Å². The molecule has 0 aliphatic heterocycles. The van der Waals surface area contributed by atoms with E-state index < -0.39 is 0 Å². The molecule has 0 aliphatic carbocycles. The zero-order valence-electron chi connectivity index (χ0n) is 22.0. The first kappa shape index (κ1) is 25.8. The second kappa shape index (κ2) is 10.3. The Morgan fingerprint density at radius 3 is 1.73 bits per heavy atom. The van der Waals surface area contributed by atoms with Crippen molar-refractivity contribution in [3.8, 4) is 0 Å². The maximum Gasteiger partial charge on any atom is 0.250 e. The summed E-state index contributed by atoms with van der Waals surface area (Å²) >= 11 is 0. The lowest BCUT2D eigenvalue weighted by molar-refractivity contribution is -0.644. The van der Waals surface area contributed by atoms with Crippen LogP contribution in [-0.4, -0.2) is 14.5 Å². The predicted molar refractivity (Wildman–Crippen MR) is 160 cm³/mol. The molecular formula is C34H25IN4O. The van der Waals surface area contributed by atoms with E-state index in [4.69, 9.17) is 0 Å². The highest BCUT2D eigenvalue weighted by Crippen LogP contribution is 2.33. The molecule has 5 nitrogen and oxygen atoms in total. The first-order valence-electron chi connectivity index (χ1n) is 12.9. The van der Waals surface area contributed by atoms with E-state index in [2.05, 4.69) is 88.4 Å². The second-order valence-corrected chi connectivity index (χ2v) is 9.76. The zero-order valence-corrected chi connectivity index (χ0v) is 24.2. The van der Waals surface area contributed by atoms with Crippen molar-refractivity contribution in [1.82, 2.24) is 14.5 Å². The molecule has 0 aliphatic rings. The van der Waals surface area contributed by atoms with Crippen molar-refractivity contribution in [3.05, 3.63) is 126 Å². The topological polar surface area (TPSA) is 51.7 Å². The molecule has 0 bridgehead atoms. The van der Waals surface area contributed by atoms with E-state index in [9.17, 15) is 4.79 Å². The number of halogens is 1. The Bertz CT molecular complexity index is 2210. The second-order valence-electron chi connectivity index (χ2n) is 9.76. The Balaban J connectivity index is 0.000000141. The van der Waals surface area contributed by atoms with Gasteiger partial charge in [0.2, 0.25) is 5.52 Å². The summed E-state index contributed by atoms with van der Waals surface area (Å²) in [4.78, 5) is 21.0. The monoisotopic (exact) mass is 632 g/mol. The number of pyridine rings is 4. The van der Waals surface area contributed by atoms with E-state index >= 15 is 0 Å². The van der Waals surface area contributed by atoms with Crippen LogP contribution < -0.4 is 34.1 Å². The number of aryl methyl sites for hydroxylation is 2. The van der Waals surface area contributed by atoms with Crippen LogP contribution in [-0.2, 0) is 14.1 Å². The van der Waals surface area contributed by atoms with Gasteiger partial charge in [-0.25, -0.2) is 4.98 Å². The minimum atomic E-state index is -0.0141. The summed E-state index contributed by atoms with van der Waals surface area (Å²) < 4.78 is 3.83. The maximum atomic E-state index is 11.9. The molecule has 0 unspecified atom stereocenters. The van der Waals surface area contributed by atoms with Crippen molar-refractivity contribution in [2.24, 2.45) is 14.1 Å². The van der Waals surface area contributed by atoms with Crippen molar-refractivity contribution in [3.63, 3.8) is 0 Å². The van der Waals surface area contributed by atoms with Gasteiger partial charge in [-0.1, -0.05) is 60.7 Å². The van der Waals surface area contributed by atoms with Crippen LogP contribution >= 0.6 is 0 Å². The molecule has 0 radical (unpaired) electrons. The van der Waals surface area contributed by atoms with Crippen molar-refractivity contribution < 1.29 is 28.5 Å². The van der Waals surface area contributed by atoms with Gasteiger partial charge in [0.1, 0.15) is 12.6 Å². The normalized spacial score (nSPS) is 11.2. The highest BCUT2D eigenvalue weighted by molar-refractivity contribution is 6.23. The van der Waals surface area contributed by atoms with Crippen molar-refractivity contribution in [2.75, 3.05) is 0 Å². The van der Waals surface area contributed by atoms with Gasteiger partial charge >= 0.3 is 0 Å². The molecule has 0 saturated heterocycles. The van der Waals surface area contributed by atoms with E-state index in [-0.39, 0.29) is 29.5 Å². The molecule has 4 heterocycles. The van der Waals surface area contributed by atoms with Gasteiger partial charge in [0.25, 0.3) is 5.56 Å². The van der Waals surface area contributed by atoms with Crippen LogP contribution in [0.1, 0.15) is 0 Å². The summed E-state index contributed by atoms with van der Waals surface area (Å²) in [6.07, 6.45) is 5.71. The van der Waals surface area contributed by atoms with E-state index in [0.29, 0.717) is 0 Å². The molecule has 8 aromatic rings. The van der Waals surface area contributed by atoms with Gasteiger partial charge in [0.15, 0.2) is 6.20 Å². The molecule has 4 aromatic carbocycles. The Morgan fingerprint density at radius 1 is 0.575 bits per heavy atom. The number of fused-ring (bicyclic) bond motifs is 12. The quantitative estimate of drug-likeness (QED) is 0.146. The van der Waals surface area contributed by atoms with Crippen LogP contribution in [0, 0.1) is 0 Å². The van der Waals surface area contributed by atoms with Crippen LogP contribution in [0.3, 0.4) is 0 Å². The summed E-state index contributed by atoms with van der Waals surface area (Å²) in [7, 11) is 3.87. The SMILES string of the molecule is C[n+]1cccc2c3ccccc3c3cccnc3c21.Cn1c(=O)ccc2c3ccccc3c3cccnc3c21.[I-]. The molecular weight excluding hydrogens is 607 g/mol. The first-order valence-corrected chi connectivity index (χ1v) is 12.9. The summed E-state index contributed by atoms with van der Waals surface area (Å²) in [6, 6.07) is 32.7. The van der Waals surface area contributed by atoms with Gasteiger partial charge in [0.05, 0.1) is 16.4 Å². The number of benzene rings is 4.